The number of aromatic nitrogens is 1. The molecule has 3 rings (SSSR count). The highest BCUT2D eigenvalue weighted by atomic mass is 16.7. The van der Waals surface area contributed by atoms with Crippen LogP contribution in [0.15, 0.2) is 36.4 Å². The van der Waals surface area contributed by atoms with E-state index < -0.39 is 0 Å². The summed E-state index contributed by atoms with van der Waals surface area (Å²) in [5.41, 5.74) is 2.41. The Balaban J connectivity index is 1.68. The van der Waals surface area contributed by atoms with Crippen molar-refractivity contribution < 1.29 is 19.1 Å². The lowest BCUT2D eigenvalue weighted by atomic mass is 9.94. The van der Waals surface area contributed by atoms with Crippen LogP contribution < -0.4 is 14.8 Å². The van der Waals surface area contributed by atoms with Crippen LogP contribution in [0.25, 0.3) is 0 Å². The van der Waals surface area contributed by atoms with Gasteiger partial charge in [-0.3, -0.25) is 9.63 Å². The third-order valence-corrected chi connectivity index (χ3v) is 4.95. The molecule has 1 saturated heterocycles. The van der Waals surface area contributed by atoms with Gasteiger partial charge in [0.1, 0.15) is 12.4 Å². The third-order valence-electron chi connectivity index (χ3n) is 4.95. The van der Waals surface area contributed by atoms with E-state index >= 15 is 0 Å². The number of carbonyl (C=O) groups is 1. The molecule has 1 aliphatic rings. The summed E-state index contributed by atoms with van der Waals surface area (Å²) in [6, 6.07) is 11.3. The Morgan fingerprint density at radius 2 is 2.00 bits per heavy atom. The SMILES string of the molecule is COc1cc(COc2cccc(C3CCNCC3)n2)ccc1C(=O)N(C)OC. The Kier molecular flexibility index (Phi) is 6.84. The van der Waals surface area contributed by atoms with Gasteiger partial charge in [-0.1, -0.05) is 12.1 Å². The van der Waals surface area contributed by atoms with Gasteiger partial charge < -0.3 is 14.8 Å². The molecule has 0 aliphatic carbocycles. The topological polar surface area (TPSA) is 72.9 Å². The van der Waals surface area contributed by atoms with Gasteiger partial charge >= 0.3 is 0 Å². The molecule has 1 amide bonds. The minimum Gasteiger partial charge on any atom is -0.496 e. The molecule has 7 nitrogen and oxygen atoms in total. The molecule has 0 spiro atoms. The third kappa shape index (κ3) is 4.79. The van der Waals surface area contributed by atoms with Crippen LogP contribution in [0.4, 0.5) is 0 Å². The highest BCUT2D eigenvalue weighted by molar-refractivity contribution is 5.96. The lowest BCUT2D eigenvalue weighted by Crippen LogP contribution is -2.27. The van der Waals surface area contributed by atoms with Gasteiger partial charge in [-0.05, 0) is 49.7 Å². The van der Waals surface area contributed by atoms with Crippen LogP contribution in [0, 0.1) is 0 Å². The Hall–Kier alpha value is -2.64. The summed E-state index contributed by atoms with van der Waals surface area (Å²) >= 11 is 0. The molecule has 2 aromatic rings. The number of carbonyl (C=O) groups excluding carboxylic acids is 1. The number of methoxy groups -OCH3 is 1. The van der Waals surface area contributed by atoms with E-state index in [1.807, 2.05) is 18.2 Å². The van der Waals surface area contributed by atoms with Crippen LogP contribution in [-0.4, -0.2) is 50.3 Å². The zero-order valence-electron chi connectivity index (χ0n) is 16.6. The minimum atomic E-state index is -0.275. The summed E-state index contributed by atoms with van der Waals surface area (Å²) in [6.07, 6.45) is 2.19. The molecule has 0 radical (unpaired) electrons. The van der Waals surface area contributed by atoms with Gasteiger partial charge in [0.25, 0.3) is 5.91 Å². The molecule has 28 heavy (non-hydrogen) atoms. The number of amides is 1. The van der Waals surface area contributed by atoms with Gasteiger partial charge in [0.05, 0.1) is 19.8 Å². The van der Waals surface area contributed by atoms with Crippen molar-refractivity contribution >= 4 is 5.91 Å². The number of ether oxygens (including phenoxy) is 2. The number of rotatable bonds is 7. The van der Waals surface area contributed by atoms with Crippen molar-refractivity contribution in [3.05, 3.63) is 53.2 Å². The van der Waals surface area contributed by atoms with E-state index in [1.165, 1.54) is 14.2 Å². The number of hydrogen-bond acceptors (Lipinski definition) is 6. The van der Waals surface area contributed by atoms with Gasteiger partial charge in [0, 0.05) is 24.7 Å². The van der Waals surface area contributed by atoms with Gasteiger partial charge in [-0.25, -0.2) is 10.0 Å². The monoisotopic (exact) mass is 385 g/mol. The first kappa shape index (κ1) is 20.1. The molecule has 0 saturated carbocycles. The molecular weight excluding hydrogens is 358 g/mol. The molecule has 1 fully saturated rings. The summed E-state index contributed by atoms with van der Waals surface area (Å²) in [7, 11) is 4.53. The Labute approximate surface area is 165 Å². The fourth-order valence-electron chi connectivity index (χ4n) is 3.27. The molecule has 1 aliphatic heterocycles. The van der Waals surface area contributed by atoms with E-state index in [4.69, 9.17) is 14.3 Å². The van der Waals surface area contributed by atoms with Crippen LogP contribution in [0.3, 0.4) is 0 Å². The maximum absolute atomic E-state index is 12.3. The minimum absolute atomic E-state index is 0.275. The zero-order valence-corrected chi connectivity index (χ0v) is 16.6. The van der Waals surface area contributed by atoms with Crippen molar-refractivity contribution in [1.82, 2.24) is 15.4 Å². The molecule has 2 heterocycles. The maximum atomic E-state index is 12.3. The number of pyridine rings is 1. The van der Waals surface area contributed by atoms with E-state index in [-0.39, 0.29) is 5.91 Å². The maximum Gasteiger partial charge on any atom is 0.280 e. The van der Waals surface area contributed by atoms with E-state index in [2.05, 4.69) is 16.4 Å². The van der Waals surface area contributed by atoms with E-state index in [0.717, 1.165) is 42.3 Å². The molecule has 0 unspecified atom stereocenters. The first-order valence-corrected chi connectivity index (χ1v) is 9.42. The average Bonchev–Trinajstić information content (AvgIpc) is 2.77. The summed E-state index contributed by atoms with van der Waals surface area (Å²) in [6.45, 7) is 2.40. The normalized spacial score (nSPS) is 14.5. The van der Waals surface area contributed by atoms with E-state index in [1.54, 1.807) is 19.2 Å². The van der Waals surface area contributed by atoms with Crippen molar-refractivity contribution in [3.63, 3.8) is 0 Å². The lowest BCUT2D eigenvalue weighted by molar-refractivity contribution is -0.0758. The van der Waals surface area contributed by atoms with Crippen molar-refractivity contribution in [2.75, 3.05) is 34.4 Å². The number of piperidine rings is 1. The fraction of sp³-hybridized carbons (Fsp3) is 0.429. The Morgan fingerprint density at radius 3 is 2.71 bits per heavy atom. The van der Waals surface area contributed by atoms with Crippen LogP contribution in [0.1, 0.15) is 40.4 Å². The van der Waals surface area contributed by atoms with Gasteiger partial charge in [0.2, 0.25) is 5.88 Å². The molecule has 1 aromatic heterocycles. The molecule has 1 N–H and O–H groups in total. The van der Waals surface area contributed by atoms with E-state index in [9.17, 15) is 4.79 Å². The standard InChI is InChI=1S/C21H27N3O4/c1-24(27-3)21(25)17-8-7-15(13-19(17)26-2)14-28-20-6-4-5-18(23-20)16-9-11-22-12-10-16/h4-8,13,16,22H,9-12,14H2,1-3H3. The molecular formula is C21H27N3O4. The average molecular weight is 385 g/mol. The quantitative estimate of drug-likeness (QED) is 0.739. The van der Waals surface area contributed by atoms with Crippen LogP contribution in [0.5, 0.6) is 11.6 Å². The second kappa shape index (κ2) is 9.52. The van der Waals surface area contributed by atoms with Gasteiger partial charge in [-0.15, -0.1) is 0 Å². The number of hydroxylamine groups is 2. The van der Waals surface area contributed by atoms with Crippen molar-refractivity contribution in [2.45, 2.75) is 25.4 Å². The fourth-order valence-corrected chi connectivity index (χ4v) is 3.27. The summed E-state index contributed by atoms with van der Waals surface area (Å²) in [4.78, 5) is 21.9. The van der Waals surface area contributed by atoms with Crippen LogP contribution >= 0.6 is 0 Å². The summed E-state index contributed by atoms with van der Waals surface area (Å²) < 4.78 is 11.3. The smallest absolute Gasteiger partial charge is 0.280 e. The highest BCUT2D eigenvalue weighted by Gasteiger charge is 2.18. The molecule has 0 bridgehead atoms. The van der Waals surface area contributed by atoms with E-state index in [0.29, 0.717) is 29.7 Å². The Morgan fingerprint density at radius 1 is 1.21 bits per heavy atom. The number of hydrogen-bond donors (Lipinski definition) is 1. The molecule has 0 atom stereocenters. The largest absolute Gasteiger partial charge is 0.496 e. The molecule has 1 aromatic carbocycles. The zero-order chi connectivity index (χ0) is 19.9. The first-order valence-electron chi connectivity index (χ1n) is 9.42. The Bertz CT molecular complexity index is 806. The predicted octanol–water partition coefficient (Wildman–Crippen LogP) is 2.77. The van der Waals surface area contributed by atoms with Gasteiger partial charge in [0.15, 0.2) is 0 Å². The highest BCUT2D eigenvalue weighted by Crippen LogP contribution is 2.26. The first-order chi connectivity index (χ1) is 13.6. The summed E-state index contributed by atoms with van der Waals surface area (Å²) in [5, 5.41) is 4.53. The van der Waals surface area contributed by atoms with Crippen LogP contribution in [0.2, 0.25) is 0 Å². The number of benzene rings is 1. The van der Waals surface area contributed by atoms with Crippen LogP contribution in [-0.2, 0) is 11.4 Å². The number of nitrogens with one attached hydrogen (secondary N) is 1. The second-order valence-electron chi connectivity index (χ2n) is 6.73. The predicted molar refractivity (Wildman–Crippen MR) is 106 cm³/mol. The van der Waals surface area contributed by atoms with Crippen molar-refractivity contribution in [2.24, 2.45) is 0 Å². The lowest BCUT2D eigenvalue weighted by Gasteiger charge is -2.22. The summed E-state index contributed by atoms with van der Waals surface area (Å²) in [5.74, 6) is 1.29. The molecule has 7 heteroatoms. The second-order valence-corrected chi connectivity index (χ2v) is 6.73. The molecule has 150 valence electrons. The van der Waals surface area contributed by atoms with Crippen molar-refractivity contribution in [3.8, 4) is 11.6 Å². The van der Waals surface area contributed by atoms with Crippen molar-refractivity contribution in [1.29, 1.82) is 0 Å². The van der Waals surface area contributed by atoms with Gasteiger partial charge in [-0.2, -0.15) is 0 Å². The number of nitrogens with zero attached hydrogens (tertiary/aromatic N) is 2.